The molecule has 3 rings (SSSR count). The number of rotatable bonds is 1. The molecule has 18 heavy (non-hydrogen) atoms. The second kappa shape index (κ2) is 6.36. The van der Waals surface area contributed by atoms with Crippen molar-refractivity contribution in [3.63, 3.8) is 0 Å². The summed E-state index contributed by atoms with van der Waals surface area (Å²) in [6, 6.07) is 4.68. The molecule has 2 heterocycles. The van der Waals surface area contributed by atoms with E-state index in [9.17, 15) is 4.39 Å². The second-order valence-electron chi connectivity index (χ2n) is 4.33. The number of hydrogen-bond acceptors (Lipinski definition) is 2. The van der Waals surface area contributed by atoms with E-state index in [-0.39, 0.29) is 30.6 Å². The molecule has 2 N–H and O–H groups in total. The van der Waals surface area contributed by atoms with Crippen LogP contribution in [0.15, 0.2) is 18.2 Å². The molecule has 1 fully saturated rings. The lowest BCUT2D eigenvalue weighted by atomic mass is 9.99. The van der Waals surface area contributed by atoms with Gasteiger partial charge in [0.1, 0.15) is 11.6 Å². The molecule has 1 aromatic carbocycles. The first-order chi connectivity index (χ1) is 7.83. The van der Waals surface area contributed by atoms with E-state index in [1.165, 1.54) is 18.6 Å². The summed E-state index contributed by atoms with van der Waals surface area (Å²) >= 11 is 0. The van der Waals surface area contributed by atoms with Crippen LogP contribution in [0.5, 0.6) is 0 Å². The summed E-state index contributed by atoms with van der Waals surface area (Å²) in [6.45, 7) is 2.05. The predicted molar refractivity (Wildman–Crippen MR) is 75.4 cm³/mol. The van der Waals surface area contributed by atoms with Gasteiger partial charge in [-0.3, -0.25) is 0 Å². The van der Waals surface area contributed by atoms with Crippen LogP contribution in [0, 0.1) is 5.82 Å². The number of halogens is 3. The molecule has 1 saturated heterocycles. The third-order valence-corrected chi connectivity index (χ3v) is 3.15. The Morgan fingerprint density at radius 2 is 2.11 bits per heavy atom. The minimum absolute atomic E-state index is 0. The van der Waals surface area contributed by atoms with Crippen molar-refractivity contribution < 1.29 is 4.39 Å². The molecule has 0 saturated carbocycles. The van der Waals surface area contributed by atoms with Crippen LogP contribution >= 0.6 is 24.8 Å². The summed E-state index contributed by atoms with van der Waals surface area (Å²) in [6.07, 6.45) is 2.32. The van der Waals surface area contributed by atoms with Gasteiger partial charge in [-0.1, -0.05) is 0 Å². The van der Waals surface area contributed by atoms with Crippen molar-refractivity contribution in [2.45, 2.75) is 18.8 Å². The molecule has 0 spiro atoms. The number of hydrogen-bond donors (Lipinski definition) is 2. The van der Waals surface area contributed by atoms with Crippen LogP contribution in [0.4, 0.5) is 4.39 Å². The van der Waals surface area contributed by atoms with Crippen LogP contribution in [-0.2, 0) is 0 Å². The number of benzene rings is 1. The Morgan fingerprint density at radius 1 is 1.28 bits per heavy atom. The molecule has 0 amide bonds. The molecule has 1 unspecified atom stereocenters. The van der Waals surface area contributed by atoms with Gasteiger partial charge >= 0.3 is 0 Å². The maximum atomic E-state index is 13.0. The highest BCUT2D eigenvalue weighted by Gasteiger charge is 2.18. The van der Waals surface area contributed by atoms with Gasteiger partial charge < -0.3 is 10.3 Å². The maximum Gasteiger partial charge on any atom is 0.125 e. The lowest BCUT2D eigenvalue weighted by Crippen LogP contribution is -2.28. The predicted octanol–water partition coefficient (Wildman–Crippen LogP) is 3.01. The smallest absolute Gasteiger partial charge is 0.125 e. The summed E-state index contributed by atoms with van der Waals surface area (Å²) in [4.78, 5) is 7.73. The molecular weight excluding hydrogens is 276 g/mol. The lowest BCUT2D eigenvalue weighted by molar-refractivity contribution is 0.449. The van der Waals surface area contributed by atoms with Crippen molar-refractivity contribution in [1.29, 1.82) is 0 Å². The fraction of sp³-hybridized carbons (Fsp3) is 0.417. The molecule has 1 aliphatic rings. The second-order valence-corrected chi connectivity index (χ2v) is 4.33. The van der Waals surface area contributed by atoms with Gasteiger partial charge in [0.2, 0.25) is 0 Å². The minimum atomic E-state index is -0.218. The number of H-pyrrole nitrogens is 1. The van der Waals surface area contributed by atoms with Crippen LogP contribution in [-0.4, -0.2) is 23.1 Å². The van der Waals surface area contributed by atoms with Crippen molar-refractivity contribution in [3.05, 3.63) is 29.8 Å². The van der Waals surface area contributed by atoms with Crippen LogP contribution in [0.3, 0.4) is 0 Å². The topological polar surface area (TPSA) is 40.7 Å². The summed E-state index contributed by atoms with van der Waals surface area (Å²) in [5.74, 6) is 1.20. The highest BCUT2D eigenvalue weighted by atomic mass is 35.5. The van der Waals surface area contributed by atoms with Gasteiger partial charge in [0.25, 0.3) is 0 Å². The normalized spacial score (nSPS) is 19.1. The third-order valence-electron chi connectivity index (χ3n) is 3.15. The average Bonchev–Trinajstić information content (AvgIpc) is 2.73. The SMILES string of the molecule is Cl.Cl.Fc1ccc2nc(C3CCCNC3)[nH]c2c1. The Bertz CT molecular complexity index is 509. The van der Waals surface area contributed by atoms with Gasteiger partial charge in [-0.05, 0) is 37.6 Å². The van der Waals surface area contributed by atoms with Crippen molar-refractivity contribution >= 4 is 35.8 Å². The van der Waals surface area contributed by atoms with Crippen LogP contribution in [0.25, 0.3) is 11.0 Å². The summed E-state index contributed by atoms with van der Waals surface area (Å²) < 4.78 is 13.0. The highest BCUT2D eigenvalue weighted by Crippen LogP contribution is 2.23. The quantitative estimate of drug-likeness (QED) is 0.848. The molecule has 1 aliphatic heterocycles. The fourth-order valence-electron chi connectivity index (χ4n) is 2.28. The zero-order valence-electron chi connectivity index (χ0n) is 9.78. The fourth-order valence-corrected chi connectivity index (χ4v) is 2.28. The van der Waals surface area contributed by atoms with Crippen LogP contribution in [0.2, 0.25) is 0 Å². The van der Waals surface area contributed by atoms with Gasteiger partial charge in [-0.2, -0.15) is 0 Å². The highest BCUT2D eigenvalue weighted by molar-refractivity contribution is 5.85. The number of aromatic nitrogens is 2. The average molecular weight is 292 g/mol. The van der Waals surface area contributed by atoms with E-state index >= 15 is 0 Å². The Hall–Kier alpha value is -0.840. The van der Waals surface area contributed by atoms with E-state index in [1.54, 1.807) is 6.07 Å². The molecular formula is C12H16Cl2FN3. The molecule has 6 heteroatoms. The summed E-state index contributed by atoms with van der Waals surface area (Å²) in [7, 11) is 0. The Kier molecular flexibility index (Phi) is 5.38. The van der Waals surface area contributed by atoms with E-state index in [0.717, 1.165) is 36.4 Å². The van der Waals surface area contributed by atoms with E-state index < -0.39 is 0 Å². The standard InChI is InChI=1S/C12H14FN3.2ClH/c13-9-3-4-10-11(6-9)16-12(15-10)8-2-1-5-14-7-8;;/h3-4,6,8,14H,1-2,5,7H2,(H,15,16);2*1H. The van der Waals surface area contributed by atoms with E-state index in [0.29, 0.717) is 5.92 Å². The van der Waals surface area contributed by atoms with Crippen molar-refractivity contribution in [3.8, 4) is 0 Å². The van der Waals surface area contributed by atoms with E-state index in [2.05, 4.69) is 15.3 Å². The largest absolute Gasteiger partial charge is 0.342 e. The number of nitrogens with one attached hydrogen (secondary N) is 2. The monoisotopic (exact) mass is 291 g/mol. The molecule has 1 aromatic heterocycles. The summed E-state index contributed by atoms with van der Waals surface area (Å²) in [5.41, 5.74) is 1.64. The zero-order valence-corrected chi connectivity index (χ0v) is 11.4. The third kappa shape index (κ3) is 2.94. The van der Waals surface area contributed by atoms with E-state index in [1.807, 2.05) is 0 Å². The first-order valence-electron chi connectivity index (χ1n) is 5.69. The van der Waals surface area contributed by atoms with Gasteiger partial charge in [-0.15, -0.1) is 24.8 Å². The van der Waals surface area contributed by atoms with Crippen molar-refractivity contribution in [1.82, 2.24) is 15.3 Å². The Labute approximate surface area is 117 Å². The van der Waals surface area contributed by atoms with Gasteiger partial charge in [0.05, 0.1) is 11.0 Å². The molecule has 0 bridgehead atoms. The number of aromatic amines is 1. The molecule has 2 aromatic rings. The molecule has 3 nitrogen and oxygen atoms in total. The van der Waals surface area contributed by atoms with Gasteiger partial charge in [0, 0.05) is 12.5 Å². The lowest BCUT2D eigenvalue weighted by Gasteiger charge is -2.20. The number of piperidine rings is 1. The Balaban J connectivity index is 0.000000810. The first-order valence-corrected chi connectivity index (χ1v) is 5.69. The first kappa shape index (κ1) is 15.2. The number of nitrogens with zero attached hydrogens (tertiary/aromatic N) is 1. The van der Waals surface area contributed by atoms with Crippen LogP contribution in [0.1, 0.15) is 24.6 Å². The maximum absolute atomic E-state index is 13.0. The zero-order chi connectivity index (χ0) is 11.0. The molecule has 100 valence electrons. The summed E-state index contributed by atoms with van der Waals surface area (Å²) in [5, 5.41) is 3.35. The van der Waals surface area contributed by atoms with Gasteiger partial charge in [-0.25, -0.2) is 9.37 Å². The van der Waals surface area contributed by atoms with Crippen molar-refractivity contribution in [2.24, 2.45) is 0 Å². The number of imidazole rings is 1. The molecule has 0 radical (unpaired) electrons. The minimum Gasteiger partial charge on any atom is -0.342 e. The van der Waals surface area contributed by atoms with Crippen LogP contribution < -0.4 is 5.32 Å². The Morgan fingerprint density at radius 3 is 2.83 bits per heavy atom. The molecule has 0 aliphatic carbocycles. The van der Waals surface area contributed by atoms with Gasteiger partial charge in [0.15, 0.2) is 0 Å². The number of fused-ring (bicyclic) bond motifs is 1. The van der Waals surface area contributed by atoms with Crippen molar-refractivity contribution in [2.75, 3.05) is 13.1 Å². The van der Waals surface area contributed by atoms with E-state index in [4.69, 9.17) is 0 Å². The molecule has 1 atom stereocenters.